The van der Waals surface area contributed by atoms with Crippen LogP contribution in [-0.4, -0.2) is 8.76 Å². The van der Waals surface area contributed by atoms with Gasteiger partial charge in [0.2, 0.25) is 0 Å². The summed E-state index contributed by atoms with van der Waals surface area (Å²) in [6.07, 6.45) is 0. The van der Waals surface area contributed by atoms with Gasteiger partial charge in [0.05, 0.1) is 4.51 Å². The quantitative estimate of drug-likeness (QED) is 0.482. The molecular formula is C13H11NO3S. The Bertz CT molecular complexity index is 840. The molecule has 3 N–H and O–H groups in total. The summed E-state index contributed by atoms with van der Waals surface area (Å²) >= 11 is 0. The number of benzene rings is 2. The molecule has 0 fully saturated rings. The van der Waals surface area contributed by atoms with Crippen molar-refractivity contribution in [1.29, 1.82) is 0 Å². The molecule has 0 bridgehead atoms. The van der Waals surface area contributed by atoms with E-state index in [0.29, 0.717) is 21.9 Å². The van der Waals surface area contributed by atoms with Crippen LogP contribution in [0.15, 0.2) is 52.9 Å². The Morgan fingerprint density at radius 2 is 1.39 bits per heavy atom. The SMILES string of the molecule is NS(=O)(O)=c1c2ccccc2oc2ccccc12. The van der Waals surface area contributed by atoms with Crippen molar-refractivity contribution >= 4 is 31.9 Å². The average Bonchev–Trinajstić information content (AvgIpc) is 2.34. The van der Waals surface area contributed by atoms with Gasteiger partial charge in [0.15, 0.2) is 9.99 Å². The van der Waals surface area contributed by atoms with Crippen molar-refractivity contribution in [3.63, 3.8) is 0 Å². The molecule has 18 heavy (non-hydrogen) atoms. The van der Waals surface area contributed by atoms with E-state index in [4.69, 9.17) is 9.56 Å². The highest BCUT2D eigenvalue weighted by Gasteiger charge is 2.08. The molecule has 3 aromatic rings. The molecule has 92 valence electrons. The van der Waals surface area contributed by atoms with Crippen molar-refractivity contribution in [3.8, 4) is 0 Å². The van der Waals surface area contributed by atoms with Crippen LogP contribution in [-0.2, 0) is 9.99 Å². The van der Waals surface area contributed by atoms with Crippen molar-refractivity contribution in [3.05, 3.63) is 53.0 Å². The van der Waals surface area contributed by atoms with Gasteiger partial charge in [-0.1, -0.05) is 24.3 Å². The first-order chi connectivity index (χ1) is 8.57. The third-order valence-electron chi connectivity index (χ3n) is 2.78. The van der Waals surface area contributed by atoms with E-state index in [2.05, 4.69) is 0 Å². The van der Waals surface area contributed by atoms with E-state index < -0.39 is 9.99 Å². The van der Waals surface area contributed by atoms with Crippen LogP contribution >= 0.6 is 0 Å². The van der Waals surface area contributed by atoms with Gasteiger partial charge in [-0.2, -0.15) is 0 Å². The van der Waals surface area contributed by atoms with Gasteiger partial charge < -0.3 is 8.97 Å². The Kier molecular flexibility index (Phi) is 2.41. The molecule has 0 saturated carbocycles. The summed E-state index contributed by atoms with van der Waals surface area (Å²) in [7, 11) is -3.57. The maximum Gasteiger partial charge on any atom is 0.151 e. The monoisotopic (exact) mass is 261 g/mol. The zero-order valence-corrected chi connectivity index (χ0v) is 10.2. The molecule has 0 aliphatic rings. The van der Waals surface area contributed by atoms with Crippen molar-refractivity contribution in [2.24, 2.45) is 5.14 Å². The molecule has 3 rings (SSSR count). The Hall–Kier alpha value is -1.82. The summed E-state index contributed by atoms with van der Waals surface area (Å²) in [4.78, 5) is 0. The lowest BCUT2D eigenvalue weighted by atomic mass is 10.1. The van der Waals surface area contributed by atoms with Gasteiger partial charge in [-0.25, -0.2) is 9.35 Å². The van der Waals surface area contributed by atoms with Crippen LogP contribution in [0.3, 0.4) is 0 Å². The maximum absolute atomic E-state index is 11.9. The molecule has 2 aromatic carbocycles. The number of nitrogens with two attached hydrogens (primary N) is 1. The molecular weight excluding hydrogens is 250 g/mol. The Labute approximate surface area is 104 Å². The minimum atomic E-state index is -3.57. The fourth-order valence-electron chi connectivity index (χ4n) is 2.07. The second-order valence-corrected chi connectivity index (χ2v) is 5.54. The van der Waals surface area contributed by atoms with Crippen molar-refractivity contribution in [1.82, 2.24) is 0 Å². The summed E-state index contributed by atoms with van der Waals surface area (Å²) in [5.74, 6) is 0. The van der Waals surface area contributed by atoms with Gasteiger partial charge in [-0.15, -0.1) is 0 Å². The molecule has 1 heterocycles. The first-order valence-electron chi connectivity index (χ1n) is 5.35. The Morgan fingerprint density at radius 3 is 1.83 bits per heavy atom. The minimum absolute atomic E-state index is 0.222. The predicted octanol–water partition coefficient (Wildman–Crippen LogP) is 2.75. The third kappa shape index (κ3) is 1.69. The fourth-order valence-corrected chi connectivity index (χ4v) is 3.03. The topological polar surface area (TPSA) is 76.5 Å². The van der Waals surface area contributed by atoms with Crippen molar-refractivity contribution in [2.75, 3.05) is 0 Å². The average molecular weight is 261 g/mol. The highest BCUT2D eigenvalue weighted by atomic mass is 32.2. The summed E-state index contributed by atoms with van der Waals surface area (Å²) in [6, 6.07) is 14.1. The standard InChI is InChI=1S/C13H11NO3S/c14-18(15,16)13-9-5-1-3-7-11(9)17-12-8-4-2-6-10(12)13/h1-8H,(H3,14,15,16). The number of rotatable bonds is 0. The van der Waals surface area contributed by atoms with E-state index in [1.165, 1.54) is 0 Å². The molecule has 1 unspecified atom stereocenters. The highest BCUT2D eigenvalue weighted by Crippen LogP contribution is 2.25. The van der Waals surface area contributed by atoms with E-state index in [1.54, 1.807) is 48.5 Å². The van der Waals surface area contributed by atoms with Crippen LogP contribution in [0.25, 0.3) is 21.9 Å². The molecule has 1 aromatic heterocycles. The highest BCUT2D eigenvalue weighted by molar-refractivity contribution is 7.87. The number of para-hydroxylation sites is 2. The lowest BCUT2D eigenvalue weighted by Gasteiger charge is -2.05. The molecule has 4 nitrogen and oxygen atoms in total. The molecule has 0 aliphatic heterocycles. The fraction of sp³-hybridized carbons (Fsp3) is 0. The molecule has 1 atom stereocenters. The van der Waals surface area contributed by atoms with Gasteiger partial charge in [0.1, 0.15) is 11.2 Å². The number of hydrogen-bond donors (Lipinski definition) is 2. The normalized spacial score (nSPS) is 14.8. The molecule has 0 spiro atoms. The summed E-state index contributed by atoms with van der Waals surface area (Å²) in [5.41, 5.74) is 1.08. The molecule has 0 saturated heterocycles. The largest absolute Gasteiger partial charge is 0.456 e. The van der Waals surface area contributed by atoms with Gasteiger partial charge >= 0.3 is 0 Å². The number of fused-ring (bicyclic) bond motifs is 2. The van der Waals surface area contributed by atoms with Crippen LogP contribution < -0.4 is 5.14 Å². The van der Waals surface area contributed by atoms with E-state index in [1.807, 2.05) is 0 Å². The molecule has 0 amide bonds. The van der Waals surface area contributed by atoms with Crippen LogP contribution in [0.5, 0.6) is 0 Å². The summed E-state index contributed by atoms with van der Waals surface area (Å²) in [6.45, 7) is 0. The maximum atomic E-state index is 11.9. The van der Waals surface area contributed by atoms with Gasteiger partial charge in [-0.3, -0.25) is 0 Å². The van der Waals surface area contributed by atoms with E-state index in [9.17, 15) is 8.76 Å². The second kappa shape index (κ2) is 3.84. The summed E-state index contributed by atoms with van der Waals surface area (Å²) in [5, 5.41) is 6.55. The van der Waals surface area contributed by atoms with Crippen LogP contribution in [0.2, 0.25) is 0 Å². The zero-order chi connectivity index (χ0) is 12.8. The van der Waals surface area contributed by atoms with Crippen LogP contribution in [0.1, 0.15) is 0 Å². The van der Waals surface area contributed by atoms with Gasteiger partial charge in [0, 0.05) is 10.8 Å². The third-order valence-corrected chi connectivity index (χ3v) is 3.80. The van der Waals surface area contributed by atoms with E-state index >= 15 is 0 Å². The van der Waals surface area contributed by atoms with Crippen LogP contribution in [0.4, 0.5) is 0 Å². The minimum Gasteiger partial charge on any atom is -0.456 e. The van der Waals surface area contributed by atoms with E-state index in [-0.39, 0.29) is 4.51 Å². The smallest absolute Gasteiger partial charge is 0.151 e. The number of hydrogen-bond acceptors (Lipinski definition) is 2. The van der Waals surface area contributed by atoms with Crippen molar-refractivity contribution < 1.29 is 13.2 Å². The Morgan fingerprint density at radius 1 is 0.944 bits per heavy atom. The Balaban J connectivity index is 2.84. The molecule has 5 heteroatoms. The zero-order valence-electron chi connectivity index (χ0n) is 9.37. The lowest BCUT2D eigenvalue weighted by molar-refractivity contribution is 0.557. The molecule has 0 radical (unpaired) electrons. The predicted molar refractivity (Wildman–Crippen MR) is 71.9 cm³/mol. The van der Waals surface area contributed by atoms with Crippen molar-refractivity contribution in [2.45, 2.75) is 0 Å². The first kappa shape index (κ1) is 11.3. The summed E-state index contributed by atoms with van der Waals surface area (Å²) < 4.78 is 27.6. The lowest BCUT2D eigenvalue weighted by Crippen LogP contribution is -2.11. The first-order valence-corrected chi connectivity index (χ1v) is 6.93. The second-order valence-electron chi connectivity index (χ2n) is 3.99. The van der Waals surface area contributed by atoms with E-state index in [0.717, 1.165) is 0 Å². The molecule has 0 aliphatic carbocycles. The van der Waals surface area contributed by atoms with Gasteiger partial charge in [-0.05, 0) is 24.3 Å². The van der Waals surface area contributed by atoms with Crippen LogP contribution in [0, 0.1) is 4.51 Å². The van der Waals surface area contributed by atoms with Gasteiger partial charge in [0.25, 0.3) is 0 Å².